The second-order valence-corrected chi connectivity index (χ2v) is 5.32. The lowest BCUT2D eigenvalue weighted by Crippen LogP contribution is -2.51. The Balaban J connectivity index is 1.89. The number of aromatic amines is 1. The zero-order chi connectivity index (χ0) is 15.8. The van der Waals surface area contributed by atoms with Crippen LogP contribution in [0.25, 0.3) is 0 Å². The molecule has 1 aliphatic carbocycles. The number of nitrogens with zero attached hydrogens (tertiary/aromatic N) is 2. The van der Waals surface area contributed by atoms with Gasteiger partial charge in [0.2, 0.25) is 0 Å². The monoisotopic (exact) mass is 310 g/mol. The summed E-state index contributed by atoms with van der Waals surface area (Å²) in [4.78, 5) is 12.1. The lowest BCUT2D eigenvalue weighted by atomic mass is 9.71. The Morgan fingerprint density at radius 2 is 2.09 bits per heavy atom. The van der Waals surface area contributed by atoms with Gasteiger partial charge in [0.05, 0.1) is 17.3 Å². The van der Waals surface area contributed by atoms with Crippen LogP contribution in [0.4, 0.5) is 13.2 Å². The van der Waals surface area contributed by atoms with Gasteiger partial charge in [-0.1, -0.05) is 12.1 Å². The minimum Gasteiger partial charge on any atom is -0.341 e. The quantitative estimate of drug-likeness (QED) is 0.915. The third-order valence-corrected chi connectivity index (χ3v) is 3.95. The van der Waals surface area contributed by atoms with Crippen molar-refractivity contribution in [2.75, 3.05) is 0 Å². The number of amides is 1. The number of hydrogen-bond donors (Lipinski definition) is 2. The maximum absolute atomic E-state index is 12.9. The molecule has 2 aromatic rings. The van der Waals surface area contributed by atoms with Crippen molar-refractivity contribution in [3.8, 4) is 0 Å². The van der Waals surface area contributed by atoms with Gasteiger partial charge in [-0.15, -0.1) is 0 Å². The second kappa shape index (κ2) is 5.11. The molecule has 116 valence electrons. The fourth-order valence-electron chi connectivity index (χ4n) is 2.60. The molecule has 1 fully saturated rings. The van der Waals surface area contributed by atoms with Crippen LogP contribution in [-0.2, 0) is 11.7 Å². The molecule has 8 heteroatoms. The number of carbonyl (C=O) groups is 1. The Kier molecular flexibility index (Phi) is 3.38. The highest BCUT2D eigenvalue weighted by molar-refractivity contribution is 5.92. The van der Waals surface area contributed by atoms with Crippen molar-refractivity contribution in [3.63, 3.8) is 0 Å². The Morgan fingerprint density at radius 1 is 1.32 bits per heavy atom. The second-order valence-electron chi connectivity index (χ2n) is 5.32. The number of nitrogens with one attached hydrogen (secondary N) is 2. The van der Waals surface area contributed by atoms with Gasteiger partial charge in [0.15, 0.2) is 5.69 Å². The standard InChI is InChI=1S/C14H13F3N4O/c15-14(16,17)10-4-1-3-9(7-10)13(5-2-6-13)19-12(22)11-8-18-21-20-11/h1,3-4,7-8H,2,5-6H2,(H,19,22)(H,18,20,21). The zero-order valence-electron chi connectivity index (χ0n) is 11.4. The Labute approximate surface area is 123 Å². The number of carbonyl (C=O) groups excluding carboxylic acids is 1. The minimum atomic E-state index is -4.41. The Morgan fingerprint density at radius 3 is 2.64 bits per heavy atom. The predicted octanol–water partition coefficient (Wildman–Crippen LogP) is 2.63. The highest BCUT2D eigenvalue weighted by Crippen LogP contribution is 2.43. The fraction of sp³-hybridized carbons (Fsp3) is 0.357. The van der Waals surface area contributed by atoms with E-state index in [2.05, 4.69) is 20.7 Å². The summed E-state index contributed by atoms with van der Waals surface area (Å²) < 4.78 is 38.6. The first kappa shape index (κ1) is 14.6. The van der Waals surface area contributed by atoms with Crippen molar-refractivity contribution in [2.24, 2.45) is 0 Å². The maximum Gasteiger partial charge on any atom is 0.416 e. The van der Waals surface area contributed by atoms with Gasteiger partial charge >= 0.3 is 6.18 Å². The molecule has 1 aromatic heterocycles. The number of alkyl halides is 3. The van der Waals surface area contributed by atoms with E-state index in [1.54, 1.807) is 6.07 Å². The van der Waals surface area contributed by atoms with E-state index in [0.717, 1.165) is 18.6 Å². The summed E-state index contributed by atoms with van der Waals surface area (Å²) >= 11 is 0. The Bertz CT molecular complexity index is 678. The van der Waals surface area contributed by atoms with Crippen LogP contribution in [0.2, 0.25) is 0 Å². The van der Waals surface area contributed by atoms with Gasteiger partial charge in [-0.3, -0.25) is 4.79 Å². The first-order valence-electron chi connectivity index (χ1n) is 6.77. The van der Waals surface area contributed by atoms with Crippen LogP contribution in [0.1, 0.15) is 40.9 Å². The number of rotatable bonds is 3. The average molecular weight is 310 g/mol. The third-order valence-electron chi connectivity index (χ3n) is 3.95. The summed E-state index contributed by atoms with van der Waals surface area (Å²) in [6.45, 7) is 0. The van der Waals surface area contributed by atoms with E-state index in [-0.39, 0.29) is 5.69 Å². The van der Waals surface area contributed by atoms with Crippen molar-refractivity contribution in [3.05, 3.63) is 47.3 Å². The number of halogens is 3. The molecule has 0 unspecified atom stereocenters. The highest BCUT2D eigenvalue weighted by atomic mass is 19.4. The fourth-order valence-corrected chi connectivity index (χ4v) is 2.60. The molecule has 0 aliphatic heterocycles. The van der Waals surface area contributed by atoms with Crippen molar-refractivity contribution < 1.29 is 18.0 Å². The molecule has 0 atom stereocenters. The summed E-state index contributed by atoms with van der Waals surface area (Å²) in [5.41, 5.74) is -0.910. The maximum atomic E-state index is 12.9. The van der Waals surface area contributed by atoms with Crippen LogP contribution in [-0.4, -0.2) is 21.3 Å². The highest BCUT2D eigenvalue weighted by Gasteiger charge is 2.42. The zero-order valence-corrected chi connectivity index (χ0v) is 11.4. The third kappa shape index (κ3) is 2.56. The molecule has 22 heavy (non-hydrogen) atoms. The van der Waals surface area contributed by atoms with Crippen molar-refractivity contribution in [1.82, 2.24) is 20.7 Å². The average Bonchev–Trinajstić information content (AvgIpc) is 2.96. The van der Waals surface area contributed by atoms with Gasteiger partial charge in [-0.25, -0.2) is 0 Å². The van der Waals surface area contributed by atoms with E-state index >= 15 is 0 Å². The van der Waals surface area contributed by atoms with Crippen LogP contribution in [0.3, 0.4) is 0 Å². The molecule has 1 aliphatic rings. The molecule has 2 N–H and O–H groups in total. The van der Waals surface area contributed by atoms with E-state index in [9.17, 15) is 18.0 Å². The molecule has 0 spiro atoms. The number of H-pyrrole nitrogens is 1. The van der Waals surface area contributed by atoms with Gasteiger partial charge < -0.3 is 5.32 Å². The molecule has 0 saturated heterocycles. The number of hydrogen-bond acceptors (Lipinski definition) is 3. The Hall–Kier alpha value is -2.38. The molecule has 1 amide bonds. The lowest BCUT2D eigenvalue weighted by Gasteiger charge is -2.43. The van der Waals surface area contributed by atoms with Crippen LogP contribution < -0.4 is 5.32 Å². The first-order chi connectivity index (χ1) is 10.4. The molecule has 1 saturated carbocycles. The molecular weight excluding hydrogens is 297 g/mol. The number of aromatic nitrogens is 3. The van der Waals surface area contributed by atoms with Gasteiger partial charge in [-0.2, -0.15) is 28.6 Å². The van der Waals surface area contributed by atoms with Crippen molar-refractivity contribution >= 4 is 5.91 Å². The van der Waals surface area contributed by atoms with Crippen LogP contribution in [0.5, 0.6) is 0 Å². The van der Waals surface area contributed by atoms with Crippen molar-refractivity contribution in [1.29, 1.82) is 0 Å². The molecule has 3 rings (SSSR count). The molecular formula is C14H13F3N4O. The van der Waals surface area contributed by atoms with E-state index in [4.69, 9.17) is 0 Å². The van der Waals surface area contributed by atoms with Gasteiger partial charge in [0.25, 0.3) is 5.91 Å². The summed E-state index contributed by atoms with van der Waals surface area (Å²) in [6, 6.07) is 5.09. The minimum absolute atomic E-state index is 0.109. The first-order valence-corrected chi connectivity index (χ1v) is 6.77. The summed E-state index contributed by atoms with van der Waals surface area (Å²) in [5, 5.41) is 12.4. The van der Waals surface area contributed by atoms with Gasteiger partial charge in [-0.05, 0) is 37.0 Å². The molecule has 5 nitrogen and oxygen atoms in total. The molecule has 1 aromatic carbocycles. The van der Waals surface area contributed by atoms with E-state index < -0.39 is 23.2 Å². The van der Waals surface area contributed by atoms with Crippen LogP contribution in [0.15, 0.2) is 30.5 Å². The topological polar surface area (TPSA) is 70.7 Å². The smallest absolute Gasteiger partial charge is 0.341 e. The molecule has 1 heterocycles. The van der Waals surface area contributed by atoms with Gasteiger partial charge in [0.1, 0.15) is 0 Å². The molecule has 0 bridgehead atoms. The van der Waals surface area contributed by atoms with E-state index in [0.29, 0.717) is 18.4 Å². The van der Waals surface area contributed by atoms with Crippen molar-refractivity contribution in [2.45, 2.75) is 31.0 Å². The molecule has 0 radical (unpaired) electrons. The summed E-state index contributed by atoms with van der Waals surface area (Å²) in [5.74, 6) is -0.453. The van der Waals surface area contributed by atoms with Gasteiger partial charge in [0, 0.05) is 0 Å². The summed E-state index contributed by atoms with van der Waals surface area (Å²) in [7, 11) is 0. The van der Waals surface area contributed by atoms with E-state index in [1.807, 2.05) is 0 Å². The number of benzene rings is 1. The normalized spacial score (nSPS) is 16.9. The van der Waals surface area contributed by atoms with Crippen LogP contribution in [0, 0.1) is 0 Å². The lowest BCUT2D eigenvalue weighted by molar-refractivity contribution is -0.137. The van der Waals surface area contributed by atoms with E-state index in [1.165, 1.54) is 12.3 Å². The SMILES string of the molecule is O=C(NC1(c2cccc(C(F)(F)F)c2)CCC1)c1cn[nH]n1. The summed E-state index contributed by atoms with van der Waals surface area (Å²) in [6.07, 6.45) is -1.10. The predicted molar refractivity (Wildman–Crippen MR) is 70.8 cm³/mol. The van der Waals surface area contributed by atoms with Crippen LogP contribution >= 0.6 is 0 Å². The largest absolute Gasteiger partial charge is 0.416 e.